The van der Waals surface area contributed by atoms with Crippen LogP contribution in [0.2, 0.25) is 0 Å². The zero-order chi connectivity index (χ0) is 21.0. The van der Waals surface area contributed by atoms with Gasteiger partial charge in [-0.1, -0.05) is 43.3 Å². The topological polar surface area (TPSA) is 62.4 Å². The predicted octanol–water partition coefficient (Wildman–Crippen LogP) is 3.84. The van der Waals surface area contributed by atoms with E-state index in [-0.39, 0.29) is 11.9 Å². The largest absolute Gasteiger partial charge is 0.497 e. The number of hydrogen-bond donors (Lipinski definition) is 3. The third kappa shape index (κ3) is 8.33. The Morgan fingerprint density at radius 2 is 2.00 bits per heavy atom. The highest BCUT2D eigenvalue weighted by Gasteiger charge is 2.22. The highest BCUT2D eigenvalue weighted by atomic mass is 32.2. The molecular formula is C23H37N3O2S2. The summed E-state index contributed by atoms with van der Waals surface area (Å²) in [6, 6.07) is 7.75. The summed E-state index contributed by atoms with van der Waals surface area (Å²) >= 11 is 3.76. The molecule has 1 saturated carbocycles. The monoisotopic (exact) mass is 451 g/mol. The van der Waals surface area contributed by atoms with Crippen LogP contribution in [0.25, 0.3) is 0 Å². The second-order valence-electron chi connectivity index (χ2n) is 8.42. The van der Waals surface area contributed by atoms with Gasteiger partial charge in [0.25, 0.3) is 0 Å². The van der Waals surface area contributed by atoms with E-state index in [9.17, 15) is 4.79 Å². The third-order valence-electron chi connectivity index (χ3n) is 6.06. The smallest absolute Gasteiger partial charge is 0.238 e. The minimum Gasteiger partial charge on any atom is -0.497 e. The van der Waals surface area contributed by atoms with Gasteiger partial charge in [0.2, 0.25) is 5.91 Å². The SMILES string of the molecule is COc1ccc(CNC(=O)[C@H](CSCC2CCCCC2)NC[C@H]2CCSNC2)cc1. The van der Waals surface area contributed by atoms with E-state index in [1.54, 1.807) is 7.11 Å². The fraction of sp³-hybridized carbons (Fsp3) is 0.696. The highest BCUT2D eigenvalue weighted by molar-refractivity contribution is 7.99. The molecule has 1 aromatic rings. The van der Waals surface area contributed by atoms with Crippen molar-refractivity contribution in [2.75, 3.05) is 37.5 Å². The number of methoxy groups -OCH3 is 1. The first kappa shape index (κ1) is 23.8. The van der Waals surface area contributed by atoms with E-state index in [1.165, 1.54) is 44.3 Å². The van der Waals surface area contributed by atoms with Crippen LogP contribution in [0, 0.1) is 11.8 Å². The van der Waals surface area contributed by atoms with Crippen LogP contribution < -0.4 is 20.1 Å². The van der Waals surface area contributed by atoms with Crippen molar-refractivity contribution in [1.29, 1.82) is 0 Å². The van der Waals surface area contributed by atoms with Gasteiger partial charge in [-0.15, -0.1) is 0 Å². The van der Waals surface area contributed by atoms with Gasteiger partial charge in [-0.2, -0.15) is 11.8 Å². The van der Waals surface area contributed by atoms with Crippen molar-refractivity contribution in [2.45, 2.75) is 51.1 Å². The molecule has 7 heteroatoms. The van der Waals surface area contributed by atoms with Gasteiger partial charge in [0.1, 0.15) is 5.75 Å². The Balaban J connectivity index is 1.47. The lowest BCUT2D eigenvalue weighted by molar-refractivity contribution is -0.122. The van der Waals surface area contributed by atoms with Crippen molar-refractivity contribution in [2.24, 2.45) is 11.8 Å². The Kier molecular flexibility index (Phi) is 10.7. The second-order valence-corrected chi connectivity index (χ2v) is 10.5. The fourth-order valence-corrected chi connectivity index (χ4v) is 6.31. The Labute approximate surface area is 190 Å². The minimum atomic E-state index is -0.133. The van der Waals surface area contributed by atoms with Crippen LogP contribution in [-0.4, -0.2) is 49.4 Å². The first-order valence-corrected chi connectivity index (χ1v) is 13.4. The van der Waals surface area contributed by atoms with Gasteiger partial charge < -0.3 is 15.4 Å². The number of carbonyl (C=O) groups excluding carboxylic acids is 1. The van der Waals surface area contributed by atoms with E-state index in [0.29, 0.717) is 12.5 Å². The molecule has 1 aliphatic heterocycles. The lowest BCUT2D eigenvalue weighted by Crippen LogP contribution is -2.48. The first-order valence-electron chi connectivity index (χ1n) is 11.3. The van der Waals surface area contributed by atoms with Crippen LogP contribution >= 0.6 is 23.7 Å². The number of benzene rings is 1. The van der Waals surface area contributed by atoms with E-state index in [0.717, 1.165) is 41.8 Å². The molecule has 168 valence electrons. The highest BCUT2D eigenvalue weighted by Crippen LogP contribution is 2.27. The van der Waals surface area contributed by atoms with Gasteiger partial charge in [-0.3, -0.25) is 9.52 Å². The van der Waals surface area contributed by atoms with Crippen molar-refractivity contribution >= 4 is 29.6 Å². The number of rotatable bonds is 11. The Morgan fingerprint density at radius 1 is 1.20 bits per heavy atom. The lowest BCUT2D eigenvalue weighted by Gasteiger charge is -2.26. The molecule has 0 spiro atoms. The Hall–Kier alpha value is -0.890. The number of thioether (sulfide) groups is 1. The summed E-state index contributed by atoms with van der Waals surface area (Å²) in [7, 11) is 1.67. The lowest BCUT2D eigenvalue weighted by atomic mass is 9.91. The molecule has 0 aromatic heterocycles. The van der Waals surface area contributed by atoms with Crippen molar-refractivity contribution in [3.8, 4) is 5.75 Å². The molecular weight excluding hydrogens is 414 g/mol. The van der Waals surface area contributed by atoms with Crippen LogP contribution in [0.15, 0.2) is 24.3 Å². The molecule has 3 N–H and O–H groups in total. The van der Waals surface area contributed by atoms with Gasteiger partial charge in [0, 0.05) is 31.1 Å². The molecule has 2 fully saturated rings. The molecule has 0 radical (unpaired) electrons. The molecule has 2 atom stereocenters. The van der Waals surface area contributed by atoms with Crippen LogP contribution in [-0.2, 0) is 11.3 Å². The average Bonchev–Trinajstić information content (AvgIpc) is 2.81. The molecule has 1 saturated heterocycles. The van der Waals surface area contributed by atoms with E-state index < -0.39 is 0 Å². The molecule has 30 heavy (non-hydrogen) atoms. The molecule has 0 unspecified atom stereocenters. The molecule has 2 aliphatic rings. The van der Waals surface area contributed by atoms with E-state index >= 15 is 0 Å². The molecule has 3 rings (SSSR count). The Morgan fingerprint density at radius 3 is 2.70 bits per heavy atom. The molecule has 5 nitrogen and oxygen atoms in total. The maximum atomic E-state index is 13.0. The van der Waals surface area contributed by atoms with E-state index in [4.69, 9.17) is 4.74 Å². The summed E-state index contributed by atoms with van der Waals surface area (Å²) in [5, 5.41) is 6.72. The first-order chi connectivity index (χ1) is 14.7. The van der Waals surface area contributed by atoms with Crippen molar-refractivity contribution in [1.82, 2.24) is 15.4 Å². The Bertz CT molecular complexity index is 617. The summed E-state index contributed by atoms with van der Waals surface area (Å²) in [5.41, 5.74) is 1.09. The maximum absolute atomic E-state index is 13.0. The summed E-state index contributed by atoms with van der Waals surface area (Å²) in [5.74, 6) is 5.57. The third-order valence-corrected chi connectivity index (χ3v) is 8.15. The predicted molar refractivity (Wildman–Crippen MR) is 129 cm³/mol. The molecule has 0 bridgehead atoms. The molecule has 1 aromatic carbocycles. The van der Waals surface area contributed by atoms with E-state index in [2.05, 4.69) is 15.4 Å². The van der Waals surface area contributed by atoms with E-state index in [1.807, 2.05) is 48.0 Å². The van der Waals surface area contributed by atoms with Gasteiger partial charge in [-0.25, -0.2) is 0 Å². The number of hydrogen-bond acceptors (Lipinski definition) is 6. The number of carbonyl (C=O) groups is 1. The van der Waals surface area contributed by atoms with Crippen LogP contribution in [0.5, 0.6) is 5.75 Å². The number of amides is 1. The zero-order valence-corrected chi connectivity index (χ0v) is 19.8. The normalized spacial score (nSPS) is 21.2. The minimum absolute atomic E-state index is 0.111. The average molecular weight is 452 g/mol. The summed E-state index contributed by atoms with van der Waals surface area (Å²) in [6.07, 6.45) is 8.08. The van der Waals surface area contributed by atoms with Gasteiger partial charge in [0.15, 0.2) is 0 Å². The molecule has 1 amide bonds. The standard InChI is InChI=1S/C23H37N3O2S2/c1-28-21-9-7-18(8-10-21)13-25-23(27)22(24-14-20-11-12-30-26-15-20)17-29-16-19-5-3-2-4-6-19/h7-10,19-20,22,24,26H,2-6,11-17H2,1H3,(H,25,27)/t20-,22+/m1/s1. The summed E-state index contributed by atoms with van der Waals surface area (Å²) in [4.78, 5) is 13.0. The van der Waals surface area contributed by atoms with Gasteiger partial charge in [0.05, 0.1) is 13.2 Å². The summed E-state index contributed by atoms with van der Waals surface area (Å²) < 4.78 is 8.60. The van der Waals surface area contributed by atoms with Crippen molar-refractivity contribution in [3.05, 3.63) is 29.8 Å². The summed E-state index contributed by atoms with van der Waals surface area (Å²) in [6.45, 7) is 2.47. The van der Waals surface area contributed by atoms with Gasteiger partial charge in [-0.05, 0) is 54.5 Å². The van der Waals surface area contributed by atoms with Crippen LogP contribution in [0.1, 0.15) is 44.1 Å². The van der Waals surface area contributed by atoms with Crippen LogP contribution in [0.3, 0.4) is 0 Å². The van der Waals surface area contributed by atoms with Crippen molar-refractivity contribution in [3.63, 3.8) is 0 Å². The second kappa shape index (κ2) is 13.5. The fourth-order valence-electron chi connectivity index (χ4n) is 4.05. The van der Waals surface area contributed by atoms with Crippen LogP contribution in [0.4, 0.5) is 0 Å². The molecule has 1 heterocycles. The zero-order valence-electron chi connectivity index (χ0n) is 18.2. The number of nitrogens with one attached hydrogen (secondary N) is 3. The quantitative estimate of drug-likeness (QED) is 0.444. The number of ether oxygens (including phenoxy) is 1. The van der Waals surface area contributed by atoms with Crippen molar-refractivity contribution < 1.29 is 9.53 Å². The molecule has 1 aliphatic carbocycles. The maximum Gasteiger partial charge on any atom is 0.238 e. The van der Waals surface area contributed by atoms with Gasteiger partial charge >= 0.3 is 0 Å².